The van der Waals surface area contributed by atoms with Crippen molar-refractivity contribution in [2.45, 2.75) is 5.88 Å². The van der Waals surface area contributed by atoms with E-state index in [4.69, 9.17) is 11.6 Å². The molecule has 0 saturated heterocycles. The average molecular weight is 223 g/mol. The monoisotopic (exact) mass is 222 g/mol. The zero-order valence-electron chi connectivity index (χ0n) is 8.24. The normalized spacial score (nSPS) is 8.93. The topological polar surface area (TPSA) is 0 Å². The lowest BCUT2D eigenvalue weighted by Crippen LogP contribution is -1.71. The van der Waals surface area contributed by atoms with Gasteiger partial charge in [-0.2, -0.15) is 0 Å². The summed E-state index contributed by atoms with van der Waals surface area (Å²) in [5.74, 6) is 0.434. The van der Waals surface area contributed by atoms with E-state index >= 15 is 0 Å². The summed E-state index contributed by atoms with van der Waals surface area (Å²) >= 11 is 5.53. The maximum Gasteiger partial charge on any atom is 0.123 e. The number of hydrogen-bond donors (Lipinski definition) is 0. The second-order valence-electron chi connectivity index (χ2n) is 2.91. The molecule has 0 spiro atoms. The van der Waals surface area contributed by atoms with Gasteiger partial charge in [0, 0.05) is 5.88 Å². The van der Waals surface area contributed by atoms with E-state index in [-0.39, 0.29) is 5.82 Å². The predicted molar refractivity (Wildman–Crippen MR) is 62.4 cm³/mol. The number of alkyl halides is 1. The third kappa shape index (κ3) is 5.18. The van der Waals surface area contributed by atoms with E-state index in [9.17, 15) is 4.39 Å². The molecule has 2 aromatic carbocycles. The highest BCUT2D eigenvalue weighted by atomic mass is 35.5. The second kappa shape index (κ2) is 7.02. The molecule has 0 radical (unpaired) electrons. The van der Waals surface area contributed by atoms with Crippen molar-refractivity contribution >= 4 is 11.6 Å². The molecule has 0 saturated carbocycles. The maximum absolute atomic E-state index is 11.9. The van der Waals surface area contributed by atoms with Crippen molar-refractivity contribution in [1.29, 1.82) is 0 Å². The van der Waals surface area contributed by atoms with Crippen LogP contribution in [0.25, 0.3) is 0 Å². The first kappa shape index (κ1) is 11.7. The Kier molecular flexibility index (Phi) is 5.49. The molecule has 0 bridgehead atoms. The molecule has 2 heteroatoms. The van der Waals surface area contributed by atoms with E-state index in [1.54, 1.807) is 18.2 Å². The largest absolute Gasteiger partial charge is 0.207 e. The molecule has 0 atom stereocenters. The number of halogens is 2. The van der Waals surface area contributed by atoms with E-state index in [2.05, 4.69) is 0 Å². The Morgan fingerprint density at radius 1 is 0.800 bits per heavy atom. The van der Waals surface area contributed by atoms with Gasteiger partial charge in [-0.15, -0.1) is 11.6 Å². The fraction of sp³-hybridized carbons (Fsp3) is 0.0769. The Balaban J connectivity index is 0.000000151. The van der Waals surface area contributed by atoms with Gasteiger partial charge in [-0.1, -0.05) is 48.5 Å². The molecule has 0 aliphatic rings. The van der Waals surface area contributed by atoms with Crippen molar-refractivity contribution < 1.29 is 4.39 Å². The summed E-state index contributed by atoms with van der Waals surface area (Å²) in [5.41, 5.74) is 1.18. The average Bonchev–Trinajstić information content (AvgIpc) is 2.32. The Hall–Kier alpha value is -1.34. The van der Waals surface area contributed by atoms with Crippen LogP contribution >= 0.6 is 11.6 Å². The number of hydrogen-bond acceptors (Lipinski definition) is 0. The minimum Gasteiger partial charge on any atom is -0.207 e. The van der Waals surface area contributed by atoms with Gasteiger partial charge >= 0.3 is 0 Å². The summed E-state index contributed by atoms with van der Waals surface area (Å²) in [6, 6.07) is 17.9. The smallest absolute Gasteiger partial charge is 0.123 e. The fourth-order valence-electron chi connectivity index (χ4n) is 0.982. The van der Waals surface area contributed by atoms with Gasteiger partial charge in [-0.25, -0.2) is 4.39 Å². The van der Waals surface area contributed by atoms with Crippen LogP contribution in [0.4, 0.5) is 4.39 Å². The summed E-state index contributed by atoms with van der Waals surface area (Å²) in [5, 5.41) is 0. The van der Waals surface area contributed by atoms with Gasteiger partial charge in [0.25, 0.3) is 0 Å². The Bertz CT molecular complexity index is 359. The molecule has 0 N–H and O–H groups in total. The summed E-state index contributed by atoms with van der Waals surface area (Å²) in [6.07, 6.45) is 0. The molecule has 0 unspecified atom stereocenters. The van der Waals surface area contributed by atoms with Gasteiger partial charge in [0.1, 0.15) is 5.82 Å². The highest BCUT2D eigenvalue weighted by Crippen LogP contribution is 2.00. The lowest BCUT2D eigenvalue weighted by Gasteiger charge is -1.88. The van der Waals surface area contributed by atoms with Crippen molar-refractivity contribution in [1.82, 2.24) is 0 Å². The van der Waals surface area contributed by atoms with Crippen molar-refractivity contribution in [3.8, 4) is 0 Å². The fourth-order valence-corrected chi connectivity index (χ4v) is 1.16. The zero-order chi connectivity index (χ0) is 10.9. The second-order valence-corrected chi connectivity index (χ2v) is 3.18. The van der Waals surface area contributed by atoms with Crippen LogP contribution in [0.15, 0.2) is 60.7 Å². The van der Waals surface area contributed by atoms with E-state index in [1.807, 2.05) is 30.3 Å². The Morgan fingerprint density at radius 2 is 1.27 bits per heavy atom. The van der Waals surface area contributed by atoms with E-state index in [1.165, 1.54) is 17.7 Å². The Morgan fingerprint density at radius 3 is 1.53 bits per heavy atom. The van der Waals surface area contributed by atoms with Gasteiger partial charge in [-0.3, -0.25) is 0 Å². The maximum atomic E-state index is 11.9. The van der Waals surface area contributed by atoms with Crippen LogP contribution in [0.5, 0.6) is 0 Å². The van der Waals surface area contributed by atoms with Gasteiger partial charge in [0.2, 0.25) is 0 Å². The highest BCUT2D eigenvalue weighted by molar-refractivity contribution is 6.17. The first-order valence-corrected chi connectivity index (χ1v) is 5.17. The van der Waals surface area contributed by atoms with Gasteiger partial charge in [0.15, 0.2) is 0 Å². The lowest BCUT2D eigenvalue weighted by atomic mass is 10.2. The van der Waals surface area contributed by atoms with E-state index in [0.29, 0.717) is 5.88 Å². The number of benzene rings is 2. The molecule has 0 fully saturated rings. The Labute approximate surface area is 94.3 Å². The standard InChI is InChI=1S/C7H7Cl.C6H5F/c8-6-7-4-2-1-3-5-7;7-6-4-2-1-3-5-6/h1-5H,6H2;1-5H. The molecular formula is C13H12ClF. The molecule has 0 amide bonds. The summed E-state index contributed by atoms with van der Waals surface area (Å²) in [6.45, 7) is 0. The minimum atomic E-state index is -0.178. The van der Waals surface area contributed by atoms with Crippen LogP contribution in [0, 0.1) is 5.82 Å². The van der Waals surface area contributed by atoms with Crippen molar-refractivity contribution in [3.63, 3.8) is 0 Å². The zero-order valence-corrected chi connectivity index (χ0v) is 8.99. The minimum absolute atomic E-state index is 0.178. The molecule has 0 nitrogen and oxygen atoms in total. The molecular weight excluding hydrogens is 211 g/mol. The molecule has 0 aromatic heterocycles. The van der Waals surface area contributed by atoms with Crippen molar-refractivity contribution in [2.24, 2.45) is 0 Å². The summed E-state index contributed by atoms with van der Waals surface area (Å²) in [4.78, 5) is 0. The van der Waals surface area contributed by atoms with Crippen LogP contribution < -0.4 is 0 Å². The van der Waals surface area contributed by atoms with E-state index < -0.39 is 0 Å². The lowest BCUT2D eigenvalue weighted by molar-refractivity contribution is 0.628. The molecule has 0 heterocycles. The first-order valence-electron chi connectivity index (χ1n) is 4.63. The molecule has 78 valence electrons. The van der Waals surface area contributed by atoms with E-state index in [0.717, 1.165) is 0 Å². The quantitative estimate of drug-likeness (QED) is 0.633. The van der Waals surface area contributed by atoms with Crippen LogP contribution in [-0.2, 0) is 5.88 Å². The molecule has 15 heavy (non-hydrogen) atoms. The number of rotatable bonds is 1. The van der Waals surface area contributed by atoms with Crippen LogP contribution in [0.2, 0.25) is 0 Å². The molecule has 0 aliphatic heterocycles. The molecule has 0 aliphatic carbocycles. The first-order chi connectivity index (χ1) is 7.33. The molecule has 2 rings (SSSR count). The third-order valence-corrected chi connectivity index (χ3v) is 2.04. The van der Waals surface area contributed by atoms with Crippen LogP contribution in [-0.4, -0.2) is 0 Å². The third-order valence-electron chi connectivity index (χ3n) is 1.73. The van der Waals surface area contributed by atoms with Gasteiger partial charge in [-0.05, 0) is 17.7 Å². The molecule has 2 aromatic rings. The van der Waals surface area contributed by atoms with Gasteiger partial charge < -0.3 is 0 Å². The van der Waals surface area contributed by atoms with Crippen LogP contribution in [0.1, 0.15) is 5.56 Å². The summed E-state index contributed by atoms with van der Waals surface area (Å²) < 4.78 is 11.9. The van der Waals surface area contributed by atoms with Crippen LogP contribution in [0.3, 0.4) is 0 Å². The SMILES string of the molecule is ClCc1ccccc1.Fc1ccccc1. The highest BCUT2D eigenvalue weighted by Gasteiger charge is 1.81. The predicted octanol–water partition coefficient (Wildman–Crippen LogP) is 4.25. The van der Waals surface area contributed by atoms with Crippen molar-refractivity contribution in [3.05, 3.63) is 72.0 Å². The summed E-state index contributed by atoms with van der Waals surface area (Å²) in [7, 11) is 0. The van der Waals surface area contributed by atoms with Gasteiger partial charge in [0.05, 0.1) is 0 Å². The van der Waals surface area contributed by atoms with Crippen molar-refractivity contribution in [2.75, 3.05) is 0 Å².